The van der Waals surface area contributed by atoms with Gasteiger partial charge in [0.05, 0.1) is 16.3 Å². The van der Waals surface area contributed by atoms with Crippen LogP contribution in [0.5, 0.6) is 0 Å². The molecular formula is C24H29F3N2O2S. The van der Waals surface area contributed by atoms with Crippen LogP contribution in [0.3, 0.4) is 0 Å². The first-order valence-corrected chi connectivity index (χ1v) is 12.2. The molecule has 0 spiro atoms. The van der Waals surface area contributed by atoms with Crippen molar-refractivity contribution in [1.82, 2.24) is 9.88 Å². The van der Waals surface area contributed by atoms with Gasteiger partial charge in [-0.3, -0.25) is 4.79 Å². The van der Waals surface area contributed by atoms with Gasteiger partial charge in [-0.1, -0.05) is 0 Å². The van der Waals surface area contributed by atoms with E-state index < -0.39 is 17.7 Å². The highest BCUT2D eigenvalue weighted by atomic mass is 32.1. The second-order valence-corrected chi connectivity index (χ2v) is 10.1. The molecular weight excluding hydrogens is 437 g/mol. The first-order valence-electron chi connectivity index (χ1n) is 11.3. The van der Waals surface area contributed by atoms with Gasteiger partial charge in [-0.2, -0.15) is 13.2 Å². The van der Waals surface area contributed by atoms with E-state index in [2.05, 4.69) is 9.88 Å². The van der Waals surface area contributed by atoms with E-state index >= 15 is 0 Å². The van der Waals surface area contributed by atoms with Gasteiger partial charge < -0.3 is 10.0 Å². The lowest BCUT2D eigenvalue weighted by molar-refractivity contribution is -0.138. The molecule has 0 amide bonds. The number of rotatable bonds is 5. The summed E-state index contributed by atoms with van der Waals surface area (Å²) in [5, 5.41) is 11.5. The minimum absolute atomic E-state index is 0.193. The lowest BCUT2D eigenvalue weighted by Gasteiger charge is -2.26. The molecule has 8 heteroatoms. The average molecular weight is 467 g/mol. The van der Waals surface area contributed by atoms with Crippen molar-refractivity contribution in [3.8, 4) is 11.3 Å². The number of hydrogen-bond donors (Lipinski definition) is 1. The van der Waals surface area contributed by atoms with Gasteiger partial charge in [0.1, 0.15) is 0 Å². The molecule has 1 fully saturated rings. The van der Waals surface area contributed by atoms with Crippen molar-refractivity contribution in [3.05, 3.63) is 39.2 Å². The van der Waals surface area contributed by atoms with Crippen LogP contribution in [-0.2, 0) is 23.8 Å². The van der Waals surface area contributed by atoms with E-state index in [9.17, 15) is 18.0 Å². The molecule has 1 saturated carbocycles. The molecule has 174 valence electrons. The lowest BCUT2D eigenvalue weighted by atomic mass is 9.80. The van der Waals surface area contributed by atoms with Gasteiger partial charge in [0.25, 0.3) is 0 Å². The summed E-state index contributed by atoms with van der Waals surface area (Å²) in [7, 11) is 2.00. The van der Waals surface area contributed by atoms with E-state index in [4.69, 9.17) is 5.11 Å². The van der Waals surface area contributed by atoms with Crippen LogP contribution in [0.4, 0.5) is 13.2 Å². The quantitative estimate of drug-likeness (QED) is 0.587. The van der Waals surface area contributed by atoms with Crippen molar-refractivity contribution >= 4 is 17.3 Å². The van der Waals surface area contributed by atoms with Crippen molar-refractivity contribution in [2.45, 2.75) is 63.5 Å². The zero-order valence-electron chi connectivity index (χ0n) is 18.2. The summed E-state index contributed by atoms with van der Waals surface area (Å²) in [5.74, 6) is -0.0930. The summed E-state index contributed by atoms with van der Waals surface area (Å²) in [6.07, 6.45) is 1.58. The van der Waals surface area contributed by atoms with Crippen molar-refractivity contribution in [3.63, 3.8) is 0 Å². The smallest absolute Gasteiger partial charge is 0.417 e. The number of hydrogen-bond acceptors (Lipinski definition) is 4. The van der Waals surface area contributed by atoms with Crippen molar-refractivity contribution in [2.75, 3.05) is 20.1 Å². The Morgan fingerprint density at radius 1 is 1.16 bits per heavy atom. The van der Waals surface area contributed by atoms with Gasteiger partial charge in [-0.15, -0.1) is 11.3 Å². The van der Waals surface area contributed by atoms with Crippen molar-refractivity contribution in [1.29, 1.82) is 0 Å². The third-order valence-corrected chi connectivity index (χ3v) is 7.94. The number of alkyl halides is 3. The third kappa shape index (κ3) is 5.34. The Balaban J connectivity index is 1.55. The summed E-state index contributed by atoms with van der Waals surface area (Å²) in [5.41, 5.74) is 1.81. The lowest BCUT2D eigenvalue weighted by Crippen LogP contribution is -2.20. The molecule has 0 atom stereocenters. The molecule has 1 aliphatic heterocycles. The zero-order chi connectivity index (χ0) is 22.9. The number of carboxylic acids is 1. The molecule has 1 aromatic heterocycles. The average Bonchev–Trinajstić information content (AvgIpc) is 3.17. The number of fused-ring (bicyclic) bond motifs is 1. The summed E-state index contributed by atoms with van der Waals surface area (Å²) < 4.78 is 41.8. The summed E-state index contributed by atoms with van der Waals surface area (Å²) >= 11 is 1.45. The monoisotopic (exact) mass is 466 g/mol. The van der Waals surface area contributed by atoms with E-state index in [1.165, 1.54) is 17.4 Å². The van der Waals surface area contributed by atoms with Gasteiger partial charge in [-0.05, 0) is 81.2 Å². The van der Waals surface area contributed by atoms with E-state index in [1.807, 2.05) is 7.05 Å². The number of likely N-dealkylation sites (N-methyl/N-ethyl adjacent to an activating group) is 1. The van der Waals surface area contributed by atoms with Crippen molar-refractivity contribution < 1.29 is 23.1 Å². The molecule has 32 heavy (non-hydrogen) atoms. The van der Waals surface area contributed by atoms with Crippen LogP contribution in [-0.4, -0.2) is 41.1 Å². The number of thiazole rings is 1. The predicted octanol–water partition coefficient (Wildman–Crippen LogP) is 6.00. The molecule has 1 N–H and O–H groups in total. The maximum absolute atomic E-state index is 13.9. The first-order chi connectivity index (χ1) is 15.2. The standard InChI is InChI=1S/C24H29F3N2O2S/c1-29-10-8-17-12-19(20(24(25,26)27)13-18(17)9-11-29)21-14-32-23(28-21)16-5-2-15(3-6-16)4-7-22(30)31/h12-16H,2-11H2,1H3,(H,30,31). The van der Waals surface area contributed by atoms with Gasteiger partial charge in [-0.25, -0.2) is 4.98 Å². The van der Waals surface area contributed by atoms with Crippen LogP contribution < -0.4 is 0 Å². The van der Waals surface area contributed by atoms with Crippen LogP contribution in [0, 0.1) is 5.92 Å². The van der Waals surface area contributed by atoms with Crippen LogP contribution >= 0.6 is 11.3 Å². The fraction of sp³-hybridized carbons (Fsp3) is 0.583. The molecule has 4 nitrogen and oxygen atoms in total. The number of aromatic nitrogens is 1. The third-order valence-electron chi connectivity index (χ3n) is 6.93. The second-order valence-electron chi connectivity index (χ2n) is 9.19. The van der Waals surface area contributed by atoms with Crippen LogP contribution in [0.1, 0.15) is 66.1 Å². The Labute approximate surface area is 190 Å². The van der Waals surface area contributed by atoms with E-state index in [1.54, 1.807) is 11.4 Å². The SMILES string of the molecule is CN1CCc2cc(-c3csc(C4CCC(CCC(=O)O)CC4)n3)c(C(F)(F)F)cc2CC1. The topological polar surface area (TPSA) is 53.4 Å². The van der Waals surface area contributed by atoms with E-state index in [0.29, 0.717) is 24.5 Å². The highest BCUT2D eigenvalue weighted by molar-refractivity contribution is 7.10. The first kappa shape index (κ1) is 23.2. The highest BCUT2D eigenvalue weighted by Crippen LogP contribution is 2.43. The number of carboxylic acid groups (broad SMARTS) is 1. The molecule has 0 unspecified atom stereocenters. The summed E-state index contributed by atoms with van der Waals surface area (Å²) in [4.78, 5) is 17.6. The van der Waals surface area contributed by atoms with E-state index in [-0.39, 0.29) is 17.9 Å². The molecule has 4 rings (SSSR count). The maximum atomic E-state index is 13.9. The van der Waals surface area contributed by atoms with Crippen LogP contribution in [0.25, 0.3) is 11.3 Å². The largest absolute Gasteiger partial charge is 0.481 e. The Kier molecular flexibility index (Phi) is 6.91. The fourth-order valence-corrected chi connectivity index (χ4v) is 5.95. The fourth-order valence-electron chi connectivity index (χ4n) is 4.96. The molecule has 0 bridgehead atoms. The Bertz CT molecular complexity index is 965. The van der Waals surface area contributed by atoms with E-state index in [0.717, 1.165) is 61.3 Å². The minimum atomic E-state index is -4.42. The molecule has 2 aliphatic rings. The number of nitrogens with zero attached hydrogens (tertiary/aromatic N) is 2. The normalized spacial score (nSPS) is 22.4. The summed E-state index contributed by atoms with van der Waals surface area (Å²) in [6.45, 7) is 1.60. The second kappa shape index (κ2) is 9.51. The molecule has 1 aromatic carbocycles. The Morgan fingerprint density at radius 2 is 1.81 bits per heavy atom. The number of benzene rings is 1. The summed E-state index contributed by atoms with van der Waals surface area (Å²) in [6, 6.07) is 3.06. The molecule has 1 aliphatic carbocycles. The number of halogens is 3. The molecule has 2 heterocycles. The highest BCUT2D eigenvalue weighted by Gasteiger charge is 2.36. The Hall–Kier alpha value is -1.93. The van der Waals surface area contributed by atoms with Gasteiger partial charge >= 0.3 is 12.1 Å². The number of aliphatic carboxylic acids is 1. The zero-order valence-corrected chi connectivity index (χ0v) is 19.1. The predicted molar refractivity (Wildman–Crippen MR) is 119 cm³/mol. The van der Waals surface area contributed by atoms with Crippen LogP contribution in [0.2, 0.25) is 0 Å². The minimum Gasteiger partial charge on any atom is -0.481 e. The van der Waals surface area contributed by atoms with Gasteiger partial charge in [0, 0.05) is 36.4 Å². The Morgan fingerprint density at radius 3 is 2.44 bits per heavy atom. The van der Waals surface area contributed by atoms with Gasteiger partial charge in [0.2, 0.25) is 0 Å². The molecule has 2 aromatic rings. The van der Waals surface area contributed by atoms with Crippen LogP contribution in [0.15, 0.2) is 17.5 Å². The van der Waals surface area contributed by atoms with Crippen molar-refractivity contribution in [2.24, 2.45) is 5.92 Å². The number of carbonyl (C=O) groups is 1. The van der Waals surface area contributed by atoms with Gasteiger partial charge in [0.15, 0.2) is 0 Å². The maximum Gasteiger partial charge on any atom is 0.417 e. The molecule has 0 radical (unpaired) electrons. The molecule has 0 saturated heterocycles.